The molecule has 1 nitrogen and oxygen atoms in total. The Morgan fingerprint density at radius 1 is 1.28 bits per heavy atom. The van der Waals surface area contributed by atoms with Crippen molar-refractivity contribution in [2.75, 3.05) is 7.05 Å². The minimum absolute atomic E-state index is 0.179. The molecule has 1 aromatic heterocycles. The predicted molar refractivity (Wildman–Crippen MR) is 76.4 cm³/mol. The van der Waals surface area contributed by atoms with E-state index in [1.165, 1.54) is 10.9 Å². The topological polar surface area (TPSA) is 12.0 Å². The largest absolute Gasteiger partial charge is 0.312 e. The lowest BCUT2D eigenvalue weighted by molar-refractivity contribution is 0.550. The molecule has 0 radical (unpaired) electrons. The second-order valence-electron chi connectivity index (χ2n) is 4.34. The molecule has 0 aliphatic carbocycles. The summed E-state index contributed by atoms with van der Waals surface area (Å²) in [6.07, 6.45) is 2.28. The zero-order chi connectivity index (χ0) is 13.0. The van der Waals surface area contributed by atoms with E-state index >= 15 is 0 Å². The first-order valence-corrected chi connectivity index (χ1v) is 7.09. The van der Waals surface area contributed by atoms with Crippen LogP contribution in [0.4, 0.5) is 4.39 Å². The van der Waals surface area contributed by atoms with Crippen LogP contribution in [-0.4, -0.2) is 7.05 Å². The van der Waals surface area contributed by atoms with Crippen molar-refractivity contribution in [3.8, 4) is 10.4 Å². The van der Waals surface area contributed by atoms with E-state index in [0.29, 0.717) is 6.04 Å². The summed E-state index contributed by atoms with van der Waals surface area (Å²) < 4.78 is 13.2. The van der Waals surface area contributed by atoms with Gasteiger partial charge < -0.3 is 5.32 Å². The highest BCUT2D eigenvalue weighted by Gasteiger charge is 2.11. The highest BCUT2D eigenvalue weighted by atomic mass is 32.1. The van der Waals surface area contributed by atoms with Crippen molar-refractivity contribution in [2.45, 2.75) is 25.8 Å². The lowest BCUT2D eigenvalue weighted by atomic mass is 10.1. The molecule has 0 aliphatic heterocycles. The molecule has 1 N–H and O–H groups in total. The van der Waals surface area contributed by atoms with Gasteiger partial charge in [0, 0.05) is 15.8 Å². The Kier molecular flexibility index (Phi) is 4.50. The van der Waals surface area contributed by atoms with Crippen LogP contribution in [0.1, 0.15) is 30.7 Å². The van der Waals surface area contributed by atoms with Gasteiger partial charge in [0.25, 0.3) is 0 Å². The van der Waals surface area contributed by atoms with E-state index in [4.69, 9.17) is 0 Å². The molecule has 0 aliphatic rings. The molecular weight excluding hydrogens is 245 g/mol. The van der Waals surface area contributed by atoms with Gasteiger partial charge in [0.15, 0.2) is 0 Å². The van der Waals surface area contributed by atoms with Crippen LogP contribution in [0.2, 0.25) is 0 Å². The Bertz CT molecular complexity index is 507. The van der Waals surface area contributed by atoms with Crippen LogP contribution in [0, 0.1) is 5.82 Å². The van der Waals surface area contributed by atoms with Gasteiger partial charge in [0.05, 0.1) is 0 Å². The van der Waals surface area contributed by atoms with Gasteiger partial charge in [-0.1, -0.05) is 25.5 Å². The molecule has 0 fully saturated rings. The Morgan fingerprint density at radius 2 is 2.11 bits per heavy atom. The normalized spacial score (nSPS) is 12.6. The van der Waals surface area contributed by atoms with Crippen LogP contribution in [0.5, 0.6) is 0 Å². The highest BCUT2D eigenvalue weighted by molar-refractivity contribution is 7.15. The fraction of sp³-hybridized carbons (Fsp3) is 0.333. The monoisotopic (exact) mass is 263 g/mol. The maximum Gasteiger partial charge on any atom is 0.123 e. The Labute approximate surface area is 112 Å². The van der Waals surface area contributed by atoms with Gasteiger partial charge in [-0.2, -0.15) is 0 Å². The lowest BCUT2D eigenvalue weighted by Crippen LogP contribution is -2.14. The third-order valence-electron chi connectivity index (χ3n) is 3.01. The van der Waals surface area contributed by atoms with E-state index < -0.39 is 0 Å². The molecule has 2 aromatic rings. The van der Waals surface area contributed by atoms with Gasteiger partial charge in [0.2, 0.25) is 0 Å². The SMILES string of the molecule is CCCC(NC)c1ccc(-c2cccc(F)c2)s1. The summed E-state index contributed by atoms with van der Waals surface area (Å²) in [5.74, 6) is -0.179. The number of nitrogens with one attached hydrogen (secondary N) is 1. The maximum absolute atomic E-state index is 13.2. The van der Waals surface area contributed by atoms with Crippen molar-refractivity contribution < 1.29 is 4.39 Å². The summed E-state index contributed by atoms with van der Waals surface area (Å²) in [4.78, 5) is 2.44. The van der Waals surface area contributed by atoms with Crippen LogP contribution >= 0.6 is 11.3 Å². The molecule has 3 heteroatoms. The van der Waals surface area contributed by atoms with E-state index in [1.54, 1.807) is 23.5 Å². The highest BCUT2D eigenvalue weighted by Crippen LogP contribution is 2.33. The summed E-state index contributed by atoms with van der Waals surface area (Å²) in [5.41, 5.74) is 0.956. The van der Waals surface area contributed by atoms with Gasteiger partial charge in [0.1, 0.15) is 5.82 Å². The fourth-order valence-corrected chi connectivity index (χ4v) is 3.20. The molecule has 1 aromatic carbocycles. The van der Waals surface area contributed by atoms with Crippen molar-refractivity contribution in [2.24, 2.45) is 0 Å². The quantitative estimate of drug-likeness (QED) is 0.830. The summed E-state index contributed by atoms with van der Waals surface area (Å²) >= 11 is 1.74. The first-order valence-electron chi connectivity index (χ1n) is 6.27. The third-order valence-corrected chi connectivity index (χ3v) is 4.25. The zero-order valence-electron chi connectivity index (χ0n) is 10.7. The van der Waals surface area contributed by atoms with E-state index in [9.17, 15) is 4.39 Å². The number of rotatable bonds is 5. The zero-order valence-corrected chi connectivity index (χ0v) is 11.6. The molecule has 1 atom stereocenters. The maximum atomic E-state index is 13.2. The molecule has 18 heavy (non-hydrogen) atoms. The first-order chi connectivity index (χ1) is 8.74. The summed E-state index contributed by atoms with van der Waals surface area (Å²) in [5, 5.41) is 3.33. The molecule has 2 rings (SSSR count). The van der Waals surface area contributed by atoms with Crippen LogP contribution in [0.15, 0.2) is 36.4 Å². The van der Waals surface area contributed by atoms with Crippen molar-refractivity contribution in [1.82, 2.24) is 5.32 Å². The fourth-order valence-electron chi connectivity index (χ4n) is 2.05. The second kappa shape index (κ2) is 6.12. The number of hydrogen-bond acceptors (Lipinski definition) is 2. The molecular formula is C15H18FNS. The standard InChI is InChI=1S/C15H18FNS/c1-3-5-13(17-2)15-9-8-14(18-15)11-6-4-7-12(16)10-11/h4,6-10,13,17H,3,5H2,1-2H3. The van der Waals surface area contributed by atoms with Crippen molar-refractivity contribution in [3.05, 3.63) is 47.1 Å². The second-order valence-corrected chi connectivity index (χ2v) is 5.46. The number of thiophene rings is 1. The molecule has 0 saturated heterocycles. The summed E-state index contributed by atoms with van der Waals surface area (Å²) in [6, 6.07) is 11.4. The van der Waals surface area contributed by atoms with E-state index in [-0.39, 0.29) is 5.82 Å². The van der Waals surface area contributed by atoms with E-state index in [1.807, 2.05) is 13.1 Å². The smallest absolute Gasteiger partial charge is 0.123 e. The molecule has 0 bridgehead atoms. The summed E-state index contributed by atoms with van der Waals surface area (Å²) in [7, 11) is 1.99. The first kappa shape index (κ1) is 13.2. The van der Waals surface area contributed by atoms with E-state index in [0.717, 1.165) is 23.3 Å². The van der Waals surface area contributed by atoms with Crippen LogP contribution in [-0.2, 0) is 0 Å². The Balaban J connectivity index is 2.24. The minimum Gasteiger partial charge on any atom is -0.312 e. The molecule has 0 saturated carbocycles. The third kappa shape index (κ3) is 2.98. The Morgan fingerprint density at radius 3 is 2.78 bits per heavy atom. The number of halogens is 1. The molecule has 1 heterocycles. The van der Waals surface area contributed by atoms with Crippen molar-refractivity contribution >= 4 is 11.3 Å². The summed E-state index contributed by atoms with van der Waals surface area (Å²) in [6.45, 7) is 2.19. The number of benzene rings is 1. The Hall–Kier alpha value is -1.19. The molecule has 96 valence electrons. The van der Waals surface area contributed by atoms with Gasteiger partial charge in [-0.05, 0) is 43.3 Å². The van der Waals surface area contributed by atoms with Gasteiger partial charge >= 0.3 is 0 Å². The van der Waals surface area contributed by atoms with Crippen LogP contribution in [0.3, 0.4) is 0 Å². The van der Waals surface area contributed by atoms with Crippen molar-refractivity contribution in [1.29, 1.82) is 0 Å². The molecule has 0 spiro atoms. The van der Waals surface area contributed by atoms with Gasteiger partial charge in [-0.15, -0.1) is 11.3 Å². The minimum atomic E-state index is -0.179. The lowest BCUT2D eigenvalue weighted by Gasteiger charge is -2.12. The van der Waals surface area contributed by atoms with Gasteiger partial charge in [-0.25, -0.2) is 4.39 Å². The average Bonchev–Trinajstić information content (AvgIpc) is 2.85. The van der Waals surface area contributed by atoms with Crippen molar-refractivity contribution in [3.63, 3.8) is 0 Å². The van der Waals surface area contributed by atoms with Crippen LogP contribution in [0.25, 0.3) is 10.4 Å². The predicted octanol–water partition coefficient (Wildman–Crippen LogP) is 4.61. The average molecular weight is 263 g/mol. The number of hydrogen-bond donors (Lipinski definition) is 1. The van der Waals surface area contributed by atoms with Crippen LogP contribution < -0.4 is 5.32 Å². The molecule has 1 unspecified atom stereocenters. The van der Waals surface area contributed by atoms with Gasteiger partial charge in [-0.3, -0.25) is 0 Å². The van der Waals surface area contributed by atoms with E-state index in [2.05, 4.69) is 24.4 Å². The molecule has 0 amide bonds.